The third-order valence-electron chi connectivity index (χ3n) is 3.63. The largest absolute Gasteiger partial charge is 0.392 e. The summed E-state index contributed by atoms with van der Waals surface area (Å²) >= 11 is 0. The Kier molecular flexibility index (Phi) is 5.12. The van der Waals surface area contributed by atoms with Crippen molar-refractivity contribution in [2.24, 2.45) is 0 Å². The number of benzene rings is 1. The number of sulfonamides is 1. The van der Waals surface area contributed by atoms with Crippen LogP contribution >= 0.6 is 0 Å². The summed E-state index contributed by atoms with van der Waals surface area (Å²) in [5.74, 6) is -0.604. The molecule has 6 heteroatoms. The van der Waals surface area contributed by atoms with E-state index in [1.807, 2.05) is 0 Å². The van der Waals surface area contributed by atoms with E-state index in [-0.39, 0.29) is 10.5 Å². The first-order valence-corrected chi connectivity index (χ1v) is 8.39. The lowest BCUT2D eigenvalue weighted by atomic mass is 10.1. The molecule has 4 nitrogen and oxygen atoms in total. The maximum absolute atomic E-state index is 13.4. The van der Waals surface area contributed by atoms with Crippen molar-refractivity contribution in [2.75, 3.05) is 13.1 Å². The summed E-state index contributed by atoms with van der Waals surface area (Å²) in [5, 5.41) is 9.27. The van der Waals surface area contributed by atoms with E-state index in [1.165, 1.54) is 10.4 Å². The molecule has 0 spiro atoms. The molecule has 2 rings (SSSR count). The number of aliphatic hydroxyl groups is 1. The number of aliphatic hydroxyl groups excluding tert-OH is 1. The molecule has 1 aliphatic heterocycles. The first kappa shape index (κ1) is 15.4. The molecule has 0 atom stereocenters. The molecule has 0 unspecified atom stereocenters. The van der Waals surface area contributed by atoms with Crippen molar-refractivity contribution in [1.82, 2.24) is 4.31 Å². The van der Waals surface area contributed by atoms with Crippen LogP contribution in [0.5, 0.6) is 0 Å². The molecule has 0 bridgehead atoms. The summed E-state index contributed by atoms with van der Waals surface area (Å²) in [6.07, 6.45) is 4.81. The van der Waals surface area contributed by atoms with Gasteiger partial charge < -0.3 is 5.11 Å². The lowest BCUT2D eigenvalue weighted by Crippen LogP contribution is -2.34. The average molecular weight is 301 g/mol. The van der Waals surface area contributed by atoms with Crippen molar-refractivity contribution < 1.29 is 17.9 Å². The van der Waals surface area contributed by atoms with Gasteiger partial charge in [0.25, 0.3) is 0 Å². The van der Waals surface area contributed by atoms with E-state index >= 15 is 0 Å². The van der Waals surface area contributed by atoms with Gasteiger partial charge in [0.05, 0.1) is 11.5 Å². The fraction of sp³-hybridized carbons (Fsp3) is 0.571. The topological polar surface area (TPSA) is 57.6 Å². The number of hydrogen-bond donors (Lipinski definition) is 1. The van der Waals surface area contributed by atoms with Gasteiger partial charge in [-0.2, -0.15) is 4.31 Å². The molecular formula is C14H20FNO3S. The van der Waals surface area contributed by atoms with Gasteiger partial charge in [0.15, 0.2) is 0 Å². The second-order valence-corrected chi connectivity index (χ2v) is 6.99. The van der Waals surface area contributed by atoms with Gasteiger partial charge >= 0.3 is 0 Å². The van der Waals surface area contributed by atoms with E-state index in [4.69, 9.17) is 0 Å². The quantitative estimate of drug-likeness (QED) is 0.932. The zero-order valence-electron chi connectivity index (χ0n) is 11.4. The Bertz CT molecular complexity index is 552. The molecule has 0 radical (unpaired) electrons. The minimum atomic E-state index is -3.73. The van der Waals surface area contributed by atoms with Crippen LogP contribution in [0, 0.1) is 5.82 Å². The molecule has 1 aromatic carbocycles. The summed E-state index contributed by atoms with van der Waals surface area (Å²) in [7, 11) is -3.73. The molecular weight excluding hydrogens is 281 g/mol. The molecule has 1 heterocycles. The minimum Gasteiger partial charge on any atom is -0.392 e. The first-order valence-electron chi connectivity index (χ1n) is 6.95. The predicted octanol–water partition coefficient (Wildman–Crippen LogP) is 2.27. The predicted molar refractivity (Wildman–Crippen MR) is 74.2 cm³/mol. The second kappa shape index (κ2) is 6.65. The van der Waals surface area contributed by atoms with Crippen LogP contribution in [-0.2, 0) is 16.6 Å². The SMILES string of the molecule is O=S(=O)(c1cc(F)ccc1CO)N1CCCCCCC1. The van der Waals surface area contributed by atoms with Crippen LogP contribution < -0.4 is 0 Å². The standard InChI is InChI=1S/C14H20FNO3S/c15-13-7-6-12(11-17)14(10-13)20(18,19)16-8-4-2-1-3-5-9-16/h6-7,10,17H,1-5,8-9,11H2. The lowest BCUT2D eigenvalue weighted by molar-refractivity contribution is 0.277. The Morgan fingerprint density at radius 1 is 1.10 bits per heavy atom. The molecule has 0 aliphatic carbocycles. The summed E-state index contributed by atoms with van der Waals surface area (Å²) in [6.45, 7) is 0.510. The van der Waals surface area contributed by atoms with Crippen molar-refractivity contribution in [2.45, 2.75) is 43.6 Å². The lowest BCUT2D eigenvalue weighted by Gasteiger charge is -2.25. The van der Waals surface area contributed by atoms with Gasteiger partial charge in [-0.05, 0) is 30.5 Å². The highest BCUT2D eigenvalue weighted by Crippen LogP contribution is 2.24. The zero-order valence-corrected chi connectivity index (χ0v) is 12.2. The molecule has 20 heavy (non-hydrogen) atoms. The fourth-order valence-corrected chi connectivity index (χ4v) is 4.24. The van der Waals surface area contributed by atoms with E-state index < -0.39 is 22.4 Å². The molecule has 1 N–H and O–H groups in total. The molecule has 0 aromatic heterocycles. The van der Waals surface area contributed by atoms with Crippen LogP contribution in [-0.4, -0.2) is 30.9 Å². The van der Waals surface area contributed by atoms with Crippen LogP contribution in [0.25, 0.3) is 0 Å². The van der Waals surface area contributed by atoms with E-state index in [1.54, 1.807) is 0 Å². The third kappa shape index (κ3) is 3.37. The van der Waals surface area contributed by atoms with Gasteiger partial charge in [-0.25, -0.2) is 12.8 Å². The molecule has 1 fully saturated rings. The maximum Gasteiger partial charge on any atom is 0.243 e. The van der Waals surface area contributed by atoms with Gasteiger partial charge in [-0.1, -0.05) is 25.3 Å². The van der Waals surface area contributed by atoms with Crippen molar-refractivity contribution in [3.8, 4) is 0 Å². The molecule has 0 amide bonds. The molecule has 1 aliphatic rings. The Morgan fingerprint density at radius 3 is 2.30 bits per heavy atom. The normalized spacial score (nSPS) is 18.5. The van der Waals surface area contributed by atoms with E-state index in [9.17, 15) is 17.9 Å². The fourth-order valence-electron chi connectivity index (χ4n) is 2.50. The Labute approximate surface area is 119 Å². The summed E-state index contributed by atoms with van der Waals surface area (Å²) in [5.41, 5.74) is 0.244. The summed E-state index contributed by atoms with van der Waals surface area (Å²) < 4.78 is 40.0. The smallest absolute Gasteiger partial charge is 0.243 e. The number of nitrogens with zero attached hydrogens (tertiary/aromatic N) is 1. The highest BCUT2D eigenvalue weighted by Gasteiger charge is 2.27. The molecule has 112 valence electrons. The Hall–Kier alpha value is -0.980. The molecule has 1 aromatic rings. The van der Waals surface area contributed by atoms with Gasteiger partial charge in [0.1, 0.15) is 5.82 Å². The van der Waals surface area contributed by atoms with Crippen LogP contribution in [0.2, 0.25) is 0 Å². The maximum atomic E-state index is 13.4. The summed E-state index contributed by atoms with van der Waals surface area (Å²) in [6, 6.07) is 3.49. The Morgan fingerprint density at radius 2 is 1.70 bits per heavy atom. The molecule has 1 saturated heterocycles. The van der Waals surface area contributed by atoms with Crippen LogP contribution in [0.1, 0.15) is 37.7 Å². The van der Waals surface area contributed by atoms with Crippen molar-refractivity contribution in [3.05, 3.63) is 29.6 Å². The van der Waals surface area contributed by atoms with Crippen molar-refractivity contribution >= 4 is 10.0 Å². The van der Waals surface area contributed by atoms with Crippen molar-refractivity contribution in [1.29, 1.82) is 0 Å². The van der Waals surface area contributed by atoms with Crippen LogP contribution in [0.3, 0.4) is 0 Å². The van der Waals surface area contributed by atoms with Gasteiger partial charge in [0.2, 0.25) is 10.0 Å². The molecule has 0 saturated carbocycles. The van der Waals surface area contributed by atoms with Crippen LogP contribution in [0.15, 0.2) is 23.1 Å². The second-order valence-electron chi connectivity index (χ2n) is 5.08. The van der Waals surface area contributed by atoms with E-state index in [0.717, 1.165) is 44.2 Å². The van der Waals surface area contributed by atoms with E-state index in [2.05, 4.69) is 0 Å². The van der Waals surface area contributed by atoms with E-state index in [0.29, 0.717) is 13.1 Å². The van der Waals surface area contributed by atoms with Gasteiger partial charge in [0, 0.05) is 13.1 Å². The summed E-state index contributed by atoms with van der Waals surface area (Å²) in [4.78, 5) is -0.111. The average Bonchev–Trinajstić information content (AvgIpc) is 2.37. The minimum absolute atomic E-state index is 0.111. The third-order valence-corrected chi connectivity index (χ3v) is 5.61. The van der Waals surface area contributed by atoms with Gasteiger partial charge in [-0.15, -0.1) is 0 Å². The first-order chi connectivity index (χ1) is 9.55. The highest BCUT2D eigenvalue weighted by molar-refractivity contribution is 7.89. The zero-order chi connectivity index (χ0) is 14.6. The van der Waals surface area contributed by atoms with Crippen molar-refractivity contribution in [3.63, 3.8) is 0 Å². The van der Waals surface area contributed by atoms with Crippen LogP contribution in [0.4, 0.5) is 4.39 Å². The highest BCUT2D eigenvalue weighted by atomic mass is 32.2. The van der Waals surface area contributed by atoms with Gasteiger partial charge in [-0.3, -0.25) is 0 Å². The monoisotopic (exact) mass is 301 g/mol. The number of hydrogen-bond acceptors (Lipinski definition) is 3. The Balaban J connectivity index is 2.35. The number of rotatable bonds is 3. The number of halogens is 1.